The smallest absolute Gasteiger partial charge is 0.0488 e. The van der Waals surface area contributed by atoms with Gasteiger partial charge in [-0.1, -0.05) is 48.0 Å². The summed E-state index contributed by atoms with van der Waals surface area (Å²) in [6.07, 6.45) is 3.71. The Morgan fingerprint density at radius 3 is 2.63 bits per heavy atom. The number of pyridine rings is 1. The van der Waals surface area contributed by atoms with Crippen molar-refractivity contribution in [2.24, 2.45) is 5.73 Å². The molecule has 0 amide bonds. The molecule has 0 aliphatic rings. The summed E-state index contributed by atoms with van der Waals surface area (Å²) in [6, 6.07) is 14.1. The van der Waals surface area contributed by atoms with Crippen molar-refractivity contribution in [3.05, 3.63) is 65.4 Å². The lowest BCUT2D eigenvalue weighted by Gasteiger charge is -2.09. The first kappa shape index (κ1) is 12.2. The van der Waals surface area contributed by atoms with Crippen molar-refractivity contribution in [1.82, 2.24) is 4.98 Å². The van der Waals surface area contributed by atoms with Crippen molar-refractivity contribution in [1.29, 1.82) is 0 Å². The highest BCUT2D eigenvalue weighted by atomic mass is 35.5. The summed E-state index contributed by atoms with van der Waals surface area (Å²) in [5.74, 6) is 0. The Morgan fingerprint density at radius 1 is 1.00 bits per heavy atom. The van der Waals surface area contributed by atoms with E-state index in [9.17, 15) is 0 Å². The molecule has 1 heterocycles. The number of hydrogen-bond donors (Lipinski definition) is 1. The predicted molar refractivity (Wildman–Crippen MR) is 80.1 cm³/mol. The van der Waals surface area contributed by atoms with Gasteiger partial charge in [-0.25, -0.2) is 0 Å². The van der Waals surface area contributed by atoms with Gasteiger partial charge in [-0.15, -0.1) is 0 Å². The van der Waals surface area contributed by atoms with E-state index in [2.05, 4.69) is 11.1 Å². The van der Waals surface area contributed by atoms with E-state index >= 15 is 0 Å². The molecule has 0 aliphatic heterocycles. The number of rotatable bonds is 2. The van der Waals surface area contributed by atoms with Gasteiger partial charge >= 0.3 is 0 Å². The maximum atomic E-state index is 6.36. The van der Waals surface area contributed by atoms with Crippen LogP contribution >= 0.6 is 11.6 Å². The molecule has 2 N–H and O–H groups in total. The fourth-order valence-electron chi connectivity index (χ4n) is 2.24. The highest BCUT2D eigenvalue weighted by Gasteiger charge is 2.08. The van der Waals surface area contributed by atoms with Crippen molar-refractivity contribution in [2.45, 2.75) is 6.54 Å². The van der Waals surface area contributed by atoms with Gasteiger partial charge < -0.3 is 5.73 Å². The van der Waals surface area contributed by atoms with Gasteiger partial charge in [-0.05, 0) is 17.0 Å². The van der Waals surface area contributed by atoms with Crippen LogP contribution in [0.1, 0.15) is 5.56 Å². The van der Waals surface area contributed by atoms with E-state index in [1.165, 1.54) is 0 Å². The van der Waals surface area contributed by atoms with Crippen molar-refractivity contribution in [3.8, 4) is 11.1 Å². The first-order chi connectivity index (χ1) is 9.29. The minimum atomic E-state index is 0.494. The van der Waals surface area contributed by atoms with E-state index in [4.69, 9.17) is 17.3 Å². The largest absolute Gasteiger partial charge is 0.326 e. The molecule has 0 saturated heterocycles. The molecule has 0 spiro atoms. The first-order valence-corrected chi connectivity index (χ1v) is 6.49. The molecule has 2 aromatic carbocycles. The van der Waals surface area contributed by atoms with Crippen LogP contribution in [0.5, 0.6) is 0 Å². The molecular weight excluding hydrogens is 256 g/mol. The Balaban J connectivity index is 2.24. The Bertz CT molecular complexity index is 732. The quantitative estimate of drug-likeness (QED) is 0.763. The van der Waals surface area contributed by atoms with Crippen LogP contribution in [0.4, 0.5) is 0 Å². The van der Waals surface area contributed by atoms with Gasteiger partial charge in [-0.3, -0.25) is 4.98 Å². The molecule has 0 aliphatic carbocycles. The molecule has 0 unspecified atom stereocenters. The van der Waals surface area contributed by atoms with E-state index in [0.29, 0.717) is 11.6 Å². The second kappa shape index (κ2) is 5.00. The Kier molecular flexibility index (Phi) is 3.20. The van der Waals surface area contributed by atoms with Gasteiger partial charge in [0.15, 0.2) is 0 Å². The average molecular weight is 269 g/mol. The standard InChI is InChI=1S/C16H13ClN2/c17-16-7-11(8-18)5-6-14(16)15-10-19-9-12-3-1-2-4-13(12)15/h1-7,9-10H,8,18H2. The van der Waals surface area contributed by atoms with E-state index in [1.807, 2.05) is 48.8 Å². The average Bonchev–Trinajstić information content (AvgIpc) is 2.46. The molecule has 0 radical (unpaired) electrons. The Morgan fingerprint density at radius 2 is 1.84 bits per heavy atom. The molecule has 0 bridgehead atoms. The fraction of sp³-hybridized carbons (Fsp3) is 0.0625. The molecule has 2 nitrogen and oxygen atoms in total. The minimum absolute atomic E-state index is 0.494. The normalized spacial score (nSPS) is 10.8. The van der Waals surface area contributed by atoms with Gasteiger partial charge in [-0.2, -0.15) is 0 Å². The highest BCUT2D eigenvalue weighted by Crippen LogP contribution is 2.33. The molecule has 3 aromatic rings. The van der Waals surface area contributed by atoms with Crippen LogP contribution in [0.3, 0.4) is 0 Å². The van der Waals surface area contributed by atoms with Crippen molar-refractivity contribution in [3.63, 3.8) is 0 Å². The Labute approximate surface area is 116 Å². The summed E-state index contributed by atoms with van der Waals surface area (Å²) in [6.45, 7) is 0.494. The number of nitrogens with zero attached hydrogens (tertiary/aromatic N) is 1. The highest BCUT2D eigenvalue weighted by molar-refractivity contribution is 6.33. The summed E-state index contributed by atoms with van der Waals surface area (Å²) in [4.78, 5) is 4.29. The van der Waals surface area contributed by atoms with Gasteiger partial charge in [0.05, 0.1) is 0 Å². The number of fused-ring (bicyclic) bond motifs is 1. The second-order valence-electron chi connectivity index (χ2n) is 4.43. The van der Waals surface area contributed by atoms with Crippen LogP contribution < -0.4 is 5.73 Å². The van der Waals surface area contributed by atoms with E-state index in [0.717, 1.165) is 27.5 Å². The third-order valence-electron chi connectivity index (χ3n) is 3.23. The van der Waals surface area contributed by atoms with Crippen molar-refractivity contribution in [2.75, 3.05) is 0 Å². The summed E-state index contributed by atoms with van der Waals surface area (Å²) in [5.41, 5.74) is 8.69. The molecule has 3 rings (SSSR count). The van der Waals surface area contributed by atoms with Crippen LogP contribution in [0.2, 0.25) is 5.02 Å². The molecule has 0 fully saturated rings. The van der Waals surface area contributed by atoms with E-state index in [1.54, 1.807) is 0 Å². The Hall–Kier alpha value is -1.90. The SMILES string of the molecule is NCc1ccc(-c2cncc3ccccc23)c(Cl)c1. The molecule has 0 saturated carbocycles. The van der Waals surface area contributed by atoms with E-state index < -0.39 is 0 Å². The molecule has 94 valence electrons. The molecule has 1 aromatic heterocycles. The second-order valence-corrected chi connectivity index (χ2v) is 4.83. The third-order valence-corrected chi connectivity index (χ3v) is 3.54. The van der Waals surface area contributed by atoms with Crippen LogP contribution in [0, 0.1) is 0 Å². The zero-order valence-electron chi connectivity index (χ0n) is 10.3. The van der Waals surface area contributed by atoms with Crippen LogP contribution in [-0.4, -0.2) is 4.98 Å². The zero-order valence-corrected chi connectivity index (χ0v) is 11.1. The topological polar surface area (TPSA) is 38.9 Å². The summed E-state index contributed by atoms with van der Waals surface area (Å²) in [7, 11) is 0. The fourth-order valence-corrected chi connectivity index (χ4v) is 2.54. The number of benzene rings is 2. The number of halogens is 1. The van der Waals surface area contributed by atoms with Crippen molar-refractivity contribution < 1.29 is 0 Å². The van der Waals surface area contributed by atoms with Gasteiger partial charge in [0.2, 0.25) is 0 Å². The lowest BCUT2D eigenvalue weighted by Crippen LogP contribution is -1.96. The van der Waals surface area contributed by atoms with E-state index in [-0.39, 0.29) is 0 Å². The molecule has 3 heteroatoms. The van der Waals surface area contributed by atoms with Crippen LogP contribution in [0.25, 0.3) is 21.9 Å². The monoisotopic (exact) mass is 268 g/mol. The lowest BCUT2D eigenvalue weighted by atomic mass is 10.00. The number of hydrogen-bond acceptors (Lipinski definition) is 2. The first-order valence-electron chi connectivity index (χ1n) is 6.11. The molecule has 0 atom stereocenters. The van der Waals surface area contributed by atoms with Gasteiger partial charge in [0, 0.05) is 40.5 Å². The van der Waals surface area contributed by atoms with Crippen LogP contribution in [0.15, 0.2) is 54.9 Å². The maximum Gasteiger partial charge on any atom is 0.0488 e. The third kappa shape index (κ3) is 2.21. The minimum Gasteiger partial charge on any atom is -0.326 e. The summed E-state index contributed by atoms with van der Waals surface area (Å²) < 4.78 is 0. The summed E-state index contributed by atoms with van der Waals surface area (Å²) >= 11 is 6.36. The number of nitrogens with two attached hydrogens (primary N) is 1. The molecule has 19 heavy (non-hydrogen) atoms. The zero-order chi connectivity index (χ0) is 13.2. The maximum absolute atomic E-state index is 6.36. The van der Waals surface area contributed by atoms with Crippen molar-refractivity contribution >= 4 is 22.4 Å². The van der Waals surface area contributed by atoms with Crippen LogP contribution in [-0.2, 0) is 6.54 Å². The van der Waals surface area contributed by atoms with Gasteiger partial charge in [0.25, 0.3) is 0 Å². The summed E-state index contributed by atoms with van der Waals surface area (Å²) in [5, 5.41) is 2.97. The lowest BCUT2D eigenvalue weighted by molar-refractivity contribution is 1.07. The number of aromatic nitrogens is 1. The van der Waals surface area contributed by atoms with Gasteiger partial charge in [0.1, 0.15) is 0 Å². The molecular formula is C16H13ClN2. The predicted octanol–water partition coefficient (Wildman–Crippen LogP) is 4.01.